The van der Waals surface area contributed by atoms with Gasteiger partial charge in [-0.05, 0) is 55.7 Å². The highest BCUT2D eigenvalue weighted by Gasteiger charge is 2.19. The molecular weight excluding hydrogens is 228 g/mol. The summed E-state index contributed by atoms with van der Waals surface area (Å²) in [6, 6.07) is 6.16. The Morgan fingerprint density at radius 1 is 1.29 bits per heavy atom. The molecule has 1 nitrogen and oxygen atoms in total. The van der Waals surface area contributed by atoms with Gasteiger partial charge in [0.2, 0.25) is 0 Å². The summed E-state index contributed by atoms with van der Waals surface area (Å²) in [7, 11) is 0. The van der Waals surface area contributed by atoms with Crippen LogP contribution < -0.4 is 0 Å². The summed E-state index contributed by atoms with van der Waals surface area (Å²) in [5.41, 5.74) is 3.23. The summed E-state index contributed by atoms with van der Waals surface area (Å²) >= 11 is 2.02. The number of thioether (sulfide) groups is 1. The number of hydrogen-bond acceptors (Lipinski definition) is 2. The van der Waals surface area contributed by atoms with Crippen LogP contribution in [0.1, 0.15) is 40.7 Å². The third-order valence-corrected chi connectivity index (χ3v) is 4.56. The average Bonchev–Trinajstić information content (AvgIpc) is 2.33. The fraction of sp³-hybridized carbons (Fsp3) is 0.533. The van der Waals surface area contributed by atoms with E-state index < -0.39 is 0 Å². The molecule has 0 unspecified atom stereocenters. The van der Waals surface area contributed by atoms with Gasteiger partial charge in [-0.1, -0.05) is 17.7 Å². The van der Waals surface area contributed by atoms with Crippen molar-refractivity contribution in [2.45, 2.75) is 33.1 Å². The molecule has 1 fully saturated rings. The predicted molar refractivity (Wildman–Crippen MR) is 74.9 cm³/mol. The van der Waals surface area contributed by atoms with Crippen molar-refractivity contribution in [1.82, 2.24) is 0 Å². The number of rotatable bonds is 3. The zero-order valence-corrected chi connectivity index (χ0v) is 11.5. The Morgan fingerprint density at radius 3 is 2.71 bits per heavy atom. The standard InChI is InChI=1S/C15H20OS/c1-11-3-4-12(2)14(9-11)15(16)10-13-5-7-17-8-6-13/h3-4,9,13H,5-8,10H2,1-2H3. The predicted octanol–water partition coefficient (Wildman–Crippen LogP) is 4.02. The second kappa shape index (κ2) is 5.72. The van der Waals surface area contributed by atoms with Gasteiger partial charge in [0.25, 0.3) is 0 Å². The van der Waals surface area contributed by atoms with E-state index in [4.69, 9.17) is 0 Å². The summed E-state index contributed by atoms with van der Waals surface area (Å²) < 4.78 is 0. The molecule has 1 aliphatic heterocycles. The zero-order chi connectivity index (χ0) is 12.3. The molecule has 1 heterocycles. The first-order valence-corrected chi connectivity index (χ1v) is 7.50. The number of benzene rings is 1. The Balaban J connectivity index is 2.05. The monoisotopic (exact) mass is 248 g/mol. The second-order valence-electron chi connectivity index (χ2n) is 5.00. The van der Waals surface area contributed by atoms with E-state index in [1.807, 2.05) is 31.7 Å². The van der Waals surface area contributed by atoms with Gasteiger partial charge in [0.05, 0.1) is 0 Å². The molecule has 0 saturated carbocycles. The molecule has 2 heteroatoms. The maximum atomic E-state index is 12.3. The van der Waals surface area contributed by atoms with Crippen molar-refractivity contribution >= 4 is 17.5 Å². The van der Waals surface area contributed by atoms with E-state index >= 15 is 0 Å². The minimum Gasteiger partial charge on any atom is -0.294 e. The van der Waals surface area contributed by atoms with Gasteiger partial charge >= 0.3 is 0 Å². The number of ketones is 1. The van der Waals surface area contributed by atoms with Crippen LogP contribution in [-0.2, 0) is 0 Å². The van der Waals surface area contributed by atoms with Gasteiger partial charge in [0, 0.05) is 12.0 Å². The molecule has 0 aromatic heterocycles. The molecule has 0 spiro atoms. The van der Waals surface area contributed by atoms with Gasteiger partial charge in [0.15, 0.2) is 5.78 Å². The lowest BCUT2D eigenvalue weighted by molar-refractivity contribution is 0.0958. The van der Waals surface area contributed by atoms with E-state index in [2.05, 4.69) is 12.1 Å². The van der Waals surface area contributed by atoms with Crippen molar-refractivity contribution < 1.29 is 4.79 Å². The largest absolute Gasteiger partial charge is 0.294 e. The fourth-order valence-corrected chi connectivity index (χ4v) is 3.56. The molecule has 2 rings (SSSR count). The first-order chi connectivity index (χ1) is 8.16. The van der Waals surface area contributed by atoms with Gasteiger partial charge in [0.1, 0.15) is 0 Å². The highest BCUT2D eigenvalue weighted by Crippen LogP contribution is 2.27. The SMILES string of the molecule is Cc1ccc(C)c(C(=O)CC2CCSCC2)c1. The summed E-state index contributed by atoms with van der Waals surface area (Å²) in [5.74, 6) is 3.40. The normalized spacial score (nSPS) is 17.1. The van der Waals surface area contributed by atoms with Crippen LogP contribution in [0.25, 0.3) is 0 Å². The maximum absolute atomic E-state index is 12.3. The quantitative estimate of drug-likeness (QED) is 0.752. The van der Waals surface area contributed by atoms with Crippen molar-refractivity contribution in [3.8, 4) is 0 Å². The second-order valence-corrected chi connectivity index (χ2v) is 6.23. The van der Waals surface area contributed by atoms with Crippen LogP contribution in [0, 0.1) is 19.8 Å². The number of aryl methyl sites for hydroxylation is 2. The lowest BCUT2D eigenvalue weighted by Crippen LogP contribution is -2.15. The maximum Gasteiger partial charge on any atom is 0.163 e. The van der Waals surface area contributed by atoms with Crippen LogP contribution >= 0.6 is 11.8 Å². The van der Waals surface area contributed by atoms with Crippen LogP contribution in [0.4, 0.5) is 0 Å². The van der Waals surface area contributed by atoms with Crippen molar-refractivity contribution in [3.63, 3.8) is 0 Å². The fourth-order valence-electron chi connectivity index (χ4n) is 2.36. The Labute approximate surface area is 108 Å². The molecule has 0 N–H and O–H groups in total. The van der Waals surface area contributed by atoms with Gasteiger partial charge in [-0.2, -0.15) is 11.8 Å². The first-order valence-electron chi connectivity index (χ1n) is 6.35. The molecule has 1 aromatic rings. The molecule has 0 radical (unpaired) electrons. The van der Waals surface area contributed by atoms with Gasteiger partial charge in [-0.3, -0.25) is 4.79 Å². The van der Waals surface area contributed by atoms with Gasteiger partial charge in [-0.15, -0.1) is 0 Å². The summed E-state index contributed by atoms with van der Waals surface area (Å²) in [5, 5.41) is 0. The van der Waals surface area contributed by atoms with Crippen LogP contribution in [-0.4, -0.2) is 17.3 Å². The number of hydrogen-bond donors (Lipinski definition) is 0. The van der Waals surface area contributed by atoms with Crippen molar-refractivity contribution in [1.29, 1.82) is 0 Å². The third kappa shape index (κ3) is 3.35. The molecule has 1 aromatic carbocycles. The van der Waals surface area contributed by atoms with Crippen LogP contribution in [0.15, 0.2) is 18.2 Å². The zero-order valence-electron chi connectivity index (χ0n) is 10.7. The Morgan fingerprint density at radius 2 is 2.00 bits per heavy atom. The third-order valence-electron chi connectivity index (χ3n) is 3.51. The number of carbonyl (C=O) groups excluding carboxylic acids is 1. The highest BCUT2D eigenvalue weighted by atomic mass is 32.2. The van der Waals surface area contributed by atoms with E-state index in [-0.39, 0.29) is 0 Å². The average molecular weight is 248 g/mol. The van der Waals surface area contributed by atoms with Crippen LogP contribution in [0.3, 0.4) is 0 Å². The number of Topliss-reactive ketones (excluding diaryl/α,β-unsaturated/α-hetero) is 1. The molecule has 0 atom stereocenters. The van der Waals surface area contributed by atoms with Crippen molar-refractivity contribution in [2.24, 2.45) is 5.92 Å². The molecule has 0 aliphatic carbocycles. The molecule has 17 heavy (non-hydrogen) atoms. The minimum atomic E-state index is 0.336. The summed E-state index contributed by atoms with van der Waals surface area (Å²) in [6.07, 6.45) is 3.16. The number of carbonyl (C=O) groups is 1. The smallest absolute Gasteiger partial charge is 0.163 e. The summed E-state index contributed by atoms with van der Waals surface area (Å²) in [4.78, 5) is 12.3. The lowest BCUT2D eigenvalue weighted by atomic mass is 9.91. The van der Waals surface area contributed by atoms with E-state index in [1.54, 1.807) is 0 Å². The van der Waals surface area contributed by atoms with E-state index in [0.717, 1.165) is 17.5 Å². The van der Waals surface area contributed by atoms with Gasteiger partial charge in [-0.25, -0.2) is 0 Å². The summed E-state index contributed by atoms with van der Waals surface area (Å²) in [6.45, 7) is 4.08. The topological polar surface area (TPSA) is 17.1 Å². The molecule has 0 bridgehead atoms. The van der Waals surface area contributed by atoms with E-state index in [1.165, 1.54) is 29.9 Å². The van der Waals surface area contributed by atoms with E-state index in [0.29, 0.717) is 11.7 Å². The van der Waals surface area contributed by atoms with E-state index in [9.17, 15) is 4.79 Å². The Hall–Kier alpha value is -0.760. The minimum absolute atomic E-state index is 0.336. The van der Waals surface area contributed by atoms with Crippen molar-refractivity contribution in [3.05, 3.63) is 34.9 Å². The van der Waals surface area contributed by atoms with Crippen LogP contribution in [0.2, 0.25) is 0 Å². The molecule has 1 aliphatic rings. The Bertz CT molecular complexity index is 405. The first kappa shape index (κ1) is 12.7. The highest BCUT2D eigenvalue weighted by molar-refractivity contribution is 7.99. The molecule has 1 saturated heterocycles. The molecule has 0 amide bonds. The molecular formula is C15H20OS. The lowest BCUT2D eigenvalue weighted by Gasteiger charge is -2.20. The van der Waals surface area contributed by atoms with Gasteiger partial charge < -0.3 is 0 Å². The van der Waals surface area contributed by atoms with Crippen molar-refractivity contribution in [2.75, 3.05) is 11.5 Å². The van der Waals surface area contributed by atoms with Crippen LogP contribution in [0.5, 0.6) is 0 Å². The Kier molecular flexibility index (Phi) is 4.27. The molecule has 92 valence electrons.